The lowest BCUT2D eigenvalue weighted by atomic mass is 9.98. The van der Waals surface area contributed by atoms with Crippen LogP contribution in [-0.2, 0) is 4.79 Å². The van der Waals surface area contributed by atoms with E-state index >= 15 is 0 Å². The van der Waals surface area contributed by atoms with Crippen LogP contribution in [0.3, 0.4) is 0 Å². The van der Waals surface area contributed by atoms with Crippen molar-refractivity contribution < 1.29 is 14.3 Å². The van der Waals surface area contributed by atoms with E-state index in [1.54, 1.807) is 36.4 Å². The molecule has 3 aromatic rings. The zero-order valence-corrected chi connectivity index (χ0v) is 21.1. The molecule has 9 heteroatoms. The molecule has 0 fully saturated rings. The summed E-state index contributed by atoms with van der Waals surface area (Å²) in [6, 6.07) is 13.4. The maximum atomic E-state index is 13.0. The van der Waals surface area contributed by atoms with Crippen molar-refractivity contribution in [3.05, 3.63) is 59.1 Å². The lowest BCUT2D eigenvalue weighted by Crippen LogP contribution is -2.47. The van der Waals surface area contributed by atoms with E-state index in [1.165, 1.54) is 11.3 Å². The Balaban J connectivity index is 1.65. The molecule has 0 saturated heterocycles. The van der Waals surface area contributed by atoms with Crippen LogP contribution in [-0.4, -0.2) is 34.7 Å². The van der Waals surface area contributed by atoms with E-state index in [4.69, 9.17) is 16.3 Å². The second-order valence-corrected chi connectivity index (χ2v) is 9.39. The maximum absolute atomic E-state index is 13.0. The van der Waals surface area contributed by atoms with Crippen molar-refractivity contribution >= 4 is 39.9 Å². The zero-order chi connectivity index (χ0) is 24.5. The fraction of sp³-hybridized carbons (Fsp3) is 0.360. The number of amides is 2. The molecule has 0 unspecified atom stereocenters. The van der Waals surface area contributed by atoms with Gasteiger partial charge in [-0.05, 0) is 48.7 Å². The number of unbranched alkanes of at least 4 members (excludes halogenated alkanes) is 1. The highest BCUT2D eigenvalue weighted by molar-refractivity contribution is 7.18. The first-order valence-electron chi connectivity index (χ1n) is 11.3. The number of carbonyl (C=O) groups is 2. The Morgan fingerprint density at radius 1 is 1.06 bits per heavy atom. The number of halogens is 1. The molecule has 1 aromatic heterocycles. The Kier molecular flexibility index (Phi) is 9.42. The molecule has 3 rings (SSSR count). The summed E-state index contributed by atoms with van der Waals surface area (Å²) in [5.41, 5.74) is 1.32. The number of nitrogens with one attached hydrogen (secondary N) is 2. The van der Waals surface area contributed by atoms with Crippen LogP contribution < -0.4 is 15.4 Å². The van der Waals surface area contributed by atoms with E-state index in [2.05, 4.69) is 27.8 Å². The summed E-state index contributed by atoms with van der Waals surface area (Å²) in [6.45, 7) is 6.64. The number of benzene rings is 2. The zero-order valence-electron chi connectivity index (χ0n) is 19.5. The van der Waals surface area contributed by atoms with Crippen LogP contribution in [0.4, 0.5) is 5.13 Å². The Labute approximate surface area is 208 Å². The van der Waals surface area contributed by atoms with Gasteiger partial charge in [0.1, 0.15) is 16.8 Å². The van der Waals surface area contributed by atoms with Crippen LogP contribution in [0.1, 0.15) is 50.4 Å². The van der Waals surface area contributed by atoms with Gasteiger partial charge in [0.2, 0.25) is 11.0 Å². The van der Waals surface area contributed by atoms with Crippen molar-refractivity contribution in [2.75, 3.05) is 11.9 Å². The van der Waals surface area contributed by atoms with Crippen molar-refractivity contribution in [3.8, 4) is 16.3 Å². The van der Waals surface area contributed by atoms with E-state index in [9.17, 15) is 9.59 Å². The number of nitrogens with zero attached hydrogens (tertiary/aromatic N) is 2. The minimum atomic E-state index is -0.721. The predicted octanol–water partition coefficient (Wildman–Crippen LogP) is 5.82. The van der Waals surface area contributed by atoms with E-state index in [-0.39, 0.29) is 17.7 Å². The molecule has 0 radical (unpaired) electrons. The number of hydrogen-bond acceptors (Lipinski definition) is 6. The van der Waals surface area contributed by atoms with Gasteiger partial charge in [-0.25, -0.2) is 0 Å². The Bertz CT molecular complexity index is 1090. The number of aromatic nitrogens is 2. The highest BCUT2D eigenvalue weighted by Gasteiger charge is 2.27. The van der Waals surface area contributed by atoms with Gasteiger partial charge in [-0.3, -0.25) is 14.9 Å². The lowest BCUT2D eigenvalue weighted by Gasteiger charge is -2.23. The van der Waals surface area contributed by atoms with Gasteiger partial charge in [0.15, 0.2) is 0 Å². The molecular formula is C25H29ClN4O3S. The van der Waals surface area contributed by atoms with E-state index < -0.39 is 6.04 Å². The third kappa shape index (κ3) is 7.01. The summed E-state index contributed by atoms with van der Waals surface area (Å²) in [5.74, 6) is -0.0149. The van der Waals surface area contributed by atoms with Crippen LogP contribution >= 0.6 is 22.9 Å². The second-order valence-electron chi connectivity index (χ2n) is 7.97. The number of ether oxygens (including phenoxy) is 1. The maximum Gasteiger partial charge on any atom is 0.251 e. The Hall–Kier alpha value is -2.97. The van der Waals surface area contributed by atoms with Gasteiger partial charge >= 0.3 is 0 Å². The molecule has 180 valence electrons. The van der Waals surface area contributed by atoms with Gasteiger partial charge in [0.05, 0.1) is 6.61 Å². The summed E-state index contributed by atoms with van der Waals surface area (Å²) < 4.78 is 5.65. The molecular weight excluding hydrogens is 472 g/mol. The van der Waals surface area contributed by atoms with E-state index in [1.807, 2.05) is 26.0 Å². The molecule has 0 aliphatic heterocycles. The van der Waals surface area contributed by atoms with Crippen LogP contribution in [0.25, 0.3) is 10.6 Å². The Morgan fingerprint density at radius 3 is 2.41 bits per heavy atom. The van der Waals surface area contributed by atoms with Crippen LogP contribution in [0, 0.1) is 5.92 Å². The first-order chi connectivity index (χ1) is 16.4. The molecule has 34 heavy (non-hydrogen) atoms. The van der Waals surface area contributed by atoms with Crippen molar-refractivity contribution in [1.82, 2.24) is 15.5 Å². The quantitative estimate of drug-likeness (QED) is 0.323. The largest absolute Gasteiger partial charge is 0.494 e. The van der Waals surface area contributed by atoms with Crippen molar-refractivity contribution in [2.24, 2.45) is 5.92 Å². The molecule has 2 amide bonds. The monoisotopic (exact) mass is 500 g/mol. The molecule has 2 aromatic carbocycles. The summed E-state index contributed by atoms with van der Waals surface area (Å²) in [5, 5.41) is 15.6. The first-order valence-corrected chi connectivity index (χ1v) is 12.5. The van der Waals surface area contributed by atoms with Crippen molar-refractivity contribution in [2.45, 2.75) is 46.1 Å². The second kappa shape index (κ2) is 12.5. The van der Waals surface area contributed by atoms with Gasteiger partial charge in [-0.2, -0.15) is 0 Å². The van der Waals surface area contributed by atoms with Gasteiger partial charge in [0.25, 0.3) is 5.91 Å². The smallest absolute Gasteiger partial charge is 0.251 e. The van der Waals surface area contributed by atoms with Crippen molar-refractivity contribution in [1.29, 1.82) is 0 Å². The van der Waals surface area contributed by atoms with Crippen LogP contribution in [0.5, 0.6) is 5.75 Å². The summed E-state index contributed by atoms with van der Waals surface area (Å²) in [4.78, 5) is 25.9. The summed E-state index contributed by atoms with van der Waals surface area (Å²) in [6.07, 6.45) is 2.75. The van der Waals surface area contributed by atoms with Crippen LogP contribution in [0.2, 0.25) is 5.02 Å². The van der Waals surface area contributed by atoms with Crippen LogP contribution in [0.15, 0.2) is 48.5 Å². The number of hydrogen-bond donors (Lipinski definition) is 2. The van der Waals surface area contributed by atoms with Gasteiger partial charge in [-0.15, -0.1) is 10.2 Å². The summed E-state index contributed by atoms with van der Waals surface area (Å²) >= 11 is 7.20. The molecule has 2 N–H and O–H groups in total. The fourth-order valence-corrected chi connectivity index (χ4v) is 4.01. The molecule has 1 heterocycles. The average molecular weight is 501 g/mol. The predicted molar refractivity (Wildman–Crippen MR) is 137 cm³/mol. The number of rotatable bonds is 11. The highest BCUT2D eigenvalue weighted by Crippen LogP contribution is 2.27. The molecule has 0 saturated carbocycles. The van der Waals surface area contributed by atoms with Gasteiger partial charge in [0, 0.05) is 16.1 Å². The molecule has 7 nitrogen and oxygen atoms in total. The normalized spacial score (nSPS) is 12.6. The van der Waals surface area contributed by atoms with E-state index in [0.717, 1.165) is 18.4 Å². The molecule has 0 bridgehead atoms. The molecule has 0 aliphatic rings. The first kappa shape index (κ1) is 25.6. The van der Waals surface area contributed by atoms with E-state index in [0.29, 0.717) is 39.5 Å². The molecule has 0 aliphatic carbocycles. The fourth-order valence-electron chi connectivity index (χ4n) is 3.13. The highest BCUT2D eigenvalue weighted by atomic mass is 35.5. The lowest BCUT2D eigenvalue weighted by molar-refractivity contribution is -0.119. The number of anilines is 1. The standard InChI is InChI=1S/C25H29ClN4O3S/c1-4-6-15-33-20-13-9-17(10-14-20)22(31)27-21(16(3)5-2)23(32)28-25-30-29-24(34-25)18-7-11-19(26)12-8-18/h7-14,16,21H,4-6,15H2,1-3H3,(H,27,31)(H,28,30,32)/t16-,21-/m1/s1. The minimum Gasteiger partial charge on any atom is -0.494 e. The minimum absolute atomic E-state index is 0.0794. The SMILES string of the molecule is CCCCOc1ccc(C(=O)N[C@@H](C(=O)Nc2nnc(-c3ccc(Cl)cc3)s2)[C@H](C)CC)cc1. The third-order valence-electron chi connectivity index (χ3n) is 5.41. The van der Waals surface area contributed by atoms with Gasteiger partial charge < -0.3 is 10.1 Å². The Morgan fingerprint density at radius 2 is 1.76 bits per heavy atom. The van der Waals surface area contributed by atoms with Gasteiger partial charge in [-0.1, -0.05) is 68.7 Å². The summed E-state index contributed by atoms with van der Waals surface area (Å²) in [7, 11) is 0. The van der Waals surface area contributed by atoms with Crippen molar-refractivity contribution in [3.63, 3.8) is 0 Å². The number of carbonyl (C=O) groups excluding carboxylic acids is 2. The molecule has 2 atom stereocenters. The molecule has 0 spiro atoms. The average Bonchev–Trinajstić information content (AvgIpc) is 3.31. The topological polar surface area (TPSA) is 93.2 Å². The third-order valence-corrected chi connectivity index (χ3v) is 6.55.